The monoisotopic (exact) mass is 401 g/mol. The molecular formula is C22H23N7O. The van der Waals surface area contributed by atoms with Gasteiger partial charge in [0.25, 0.3) is 0 Å². The predicted molar refractivity (Wildman–Crippen MR) is 115 cm³/mol. The molecule has 2 aromatic heterocycles. The van der Waals surface area contributed by atoms with E-state index in [0.29, 0.717) is 11.6 Å². The zero-order chi connectivity index (χ0) is 20.9. The molecule has 1 aromatic carbocycles. The summed E-state index contributed by atoms with van der Waals surface area (Å²) in [5, 5.41) is 19.6. The molecule has 0 aliphatic heterocycles. The van der Waals surface area contributed by atoms with Crippen molar-refractivity contribution in [3.63, 3.8) is 0 Å². The molecule has 2 heterocycles. The van der Waals surface area contributed by atoms with E-state index in [1.165, 1.54) is 0 Å². The standard InChI is InChI=1S/C22H23N7O/c23-13-16-14-29(28-21(16)24)19-10-8-18(9-11-19)27-22(30)15-4-6-17(7-5-15)26-20-3-1-2-12-25-20/h1-3,8-12,14-15,17H,4-7H2,(H2,24,28)(H,25,26)(H,27,30). The summed E-state index contributed by atoms with van der Waals surface area (Å²) in [5.41, 5.74) is 7.54. The molecule has 0 radical (unpaired) electrons. The molecule has 3 aromatic rings. The summed E-state index contributed by atoms with van der Waals surface area (Å²) < 4.78 is 1.55. The first-order valence-electron chi connectivity index (χ1n) is 9.96. The molecule has 1 saturated carbocycles. The summed E-state index contributed by atoms with van der Waals surface area (Å²) in [6, 6.07) is 15.5. The van der Waals surface area contributed by atoms with E-state index in [0.717, 1.165) is 42.9 Å². The second-order valence-electron chi connectivity index (χ2n) is 7.43. The van der Waals surface area contributed by atoms with Gasteiger partial charge in [-0.2, -0.15) is 5.26 Å². The summed E-state index contributed by atoms with van der Waals surface area (Å²) in [6.45, 7) is 0. The van der Waals surface area contributed by atoms with Crippen molar-refractivity contribution in [3.8, 4) is 11.8 Å². The summed E-state index contributed by atoms with van der Waals surface area (Å²) >= 11 is 0. The third-order valence-corrected chi connectivity index (χ3v) is 5.38. The van der Waals surface area contributed by atoms with E-state index in [-0.39, 0.29) is 17.6 Å². The minimum atomic E-state index is 0.00978. The highest BCUT2D eigenvalue weighted by molar-refractivity contribution is 5.92. The number of nitrogens with zero attached hydrogens (tertiary/aromatic N) is 4. The first-order valence-corrected chi connectivity index (χ1v) is 9.96. The third-order valence-electron chi connectivity index (χ3n) is 5.38. The van der Waals surface area contributed by atoms with Crippen LogP contribution in [0, 0.1) is 17.2 Å². The van der Waals surface area contributed by atoms with Crippen molar-refractivity contribution in [3.05, 3.63) is 60.4 Å². The van der Waals surface area contributed by atoms with Crippen LogP contribution >= 0.6 is 0 Å². The van der Waals surface area contributed by atoms with Gasteiger partial charge in [0.15, 0.2) is 5.82 Å². The fraction of sp³-hybridized carbons (Fsp3) is 0.273. The Morgan fingerprint density at radius 2 is 1.90 bits per heavy atom. The van der Waals surface area contributed by atoms with Crippen LogP contribution in [0.15, 0.2) is 54.9 Å². The Hall–Kier alpha value is -3.86. The number of nitriles is 1. The van der Waals surface area contributed by atoms with Gasteiger partial charge in [-0.05, 0) is 62.1 Å². The van der Waals surface area contributed by atoms with Gasteiger partial charge in [-0.25, -0.2) is 9.67 Å². The average molecular weight is 401 g/mol. The lowest BCUT2D eigenvalue weighted by molar-refractivity contribution is -0.120. The second kappa shape index (κ2) is 8.66. The minimum Gasteiger partial charge on any atom is -0.381 e. The molecule has 0 atom stereocenters. The number of nitrogens with two attached hydrogens (primary N) is 1. The van der Waals surface area contributed by atoms with Gasteiger partial charge in [0.1, 0.15) is 17.5 Å². The number of amides is 1. The molecule has 152 valence electrons. The van der Waals surface area contributed by atoms with Gasteiger partial charge in [-0.3, -0.25) is 4.79 Å². The zero-order valence-corrected chi connectivity index (χ0v) is 16.5. The Morgan fingerprint density at radius 3 is 2.53 bits per heavy atom. The van der Waals surface area contributed by atoms with E-state index >= 15 is 0 Å². The van der Waals surface area contributed by atoms with Gasteiger partial charge < -0.3 is 16.4 Å². The number of anilines is 3. The lowest BCUT2D eigenvalue weighted by atomic mass is 9.85. The van der Waals surface area contributed by atoms with Crippen molar-refractivity contribution < 1.29 is 4.79 Å². The number of hydrogen-bond donors (Lipinski definition) is 3. The third kappa shape index (κ3) is 4.41. The molecule has 0 bridgehead atoms. The quantitative estimate of drug-likeness (QED) is 0.603. The van der Waals surface area contributed by atoms with E-state index in [1.807, 2.05) is 48.5 Å². The van der Waals surface area contributed by atoms with Gasteiger partial charge in [-0.1, -0.05) is 6.07 Å². The van der Waals surface area contributed by atoms with Crippen molar-refractivity contribution in [2.75, 3.05) is 16.4 Å². The number of rotatable bonds is 5. The largest absolute Gasteiger partial charge is 0.381 e. The van der Waals surface area contributed by atoms with Gasteiger partial charge >= 0.3 is 0 Å². The number of nitrogens with one attached hydrogen (secondary N) is 2. The SMILES string of the molecule is N#Cc1cn(-c2ccc(NC(=O)C3CCC(Nc4ccccn4)CC3)cc2)nc1N. The number of carbonyl (C=O) groups excluding carboxylic acids is 1. The molecule has 30 heavy (non-hydrogen) atoms. The highest BCUT2D eigenvalue weighted by Crippen LogP contribution is 2.27. The molecule has 1 amide bonds. The highest BCUT2D eigenvalue weighted by Gasteiger charge is 2.26. The Bertz CT molecular complexity index is 1050. The molecule has 4 rings (SSSR count). The van der Waals surface area contributed by atoms with Crippen LogP contribution in [0.25, 0.3) is 5.69 Å². The molecule has 4 N–H and O–H groups in total. The van der Waals surface area contributed by atoms with Gasteiger partial charge in [0.2, 0.25) is 5.91 Å². The molecule has 8 nitrogen and oxygen atoms in total. The van der Waals surface area contributed by atoms with Crippen LogP contribution in [0.3, 0.4) is 0 Å². The maximum atomic E-state index is 12.7. The van der Waals surface area contributed by atoms with E-state index in [1.54, 1.807) is 17.1 Å². The Labute approximate surface area is 174 Å². The smallest absolute Gasteiger partial charge is 0.227 e. The van der Waals surface area contributed by atoms with Gasteiger partial charge in [-0.15, -0.1) is 5.10 Å². The van der Waals surface area contributed by atoms with E-state index in [4.69, 9.17) is 11.0 Å². The van der Waals surface area contributed by atoms with Crippen molar-refractivity contribution >= 4 is 23.2 Å². The molecule has 1 aliphatic carbocycles. The average Bonchev–Trinajstić information content (AvgIpc) is 3.16. The number of nitrogen functional groups attached to an aromatic ring is 1. The first-order chi connectivity index (χ1) is 14.6. The summed E-state index contributed by atoms with van der Waals surface area (Å²) in [6.07, 6.45) is 6.93. The second-order valence-corrected chi connectivity index (χ2v) is 7.43. The molecule has 0 saturated heterocycles. The Morgan fingerprint density at radius 1 is 1.13 bits per heavy atom. The summed E-state index contributed by atoms with van der Waals surface area (Å²) in [7, 11) is 0. The van der Waals surface area contributed by atoms with Crippen molar-refractivity contribution in [2.24, 2.45) is 5.92 Å². The van der Waals surface area contributed by atoms with Crippen LogP contribution in [0.5, 0.6) is 0 Å². The number of pyridine rings is 1. The predicted octanol–water partition coefficient (Wildman–Crippen LogP) is 3.33. The van der Waals surface area contributed by atoms with Crippen LogP contribution in [0.2, 0.25) is 0 Å². The van der Waals surface area contributed by atoms with Crippen LogP contribution in [0.4, 0.5) is 17.3 Å². The number of hydrogen-bond acceptors (Lipinski definition) is 6. The first kappa shape index (κ1) is 19.5. The highest BCUT2D eigenvalue weighted by atomic mass is 16.1. The molecule has 1 aliphatic rings. The lowest BCUT2D eigenvalue weighted by Crippen LogP contribution is -2.32. The summed E-state index contributed by atoms with van der Waals surface area (Å²) in [4.78, 5) is 17.0. The molecule has 1 fully saturated rings. The Balaban J connectivity index is 1.30. The number of benzene rings is 1. The van der Waals surface area contributed by atoms with Crippen molar-refractivity contribution in [2.45, 2.75) is 31.7 Å². The van der Waals surface area contributed by atoms with Crippen LogP contribution in [-0.4, -0.2) is 26.7 Å². The van der Waals surface area contributed by atoms with E-state index < -0.39 is 0 Å². The van der Waals surface area contributed by atoms with E-state index in [2.05, 4.69) is 20.7 Å². The summed E-state index contributed by atoms with van der Waals surface area (Å²) in [5.74, 6) is 1.14. The van der Waals surface area contributed by atoms with Crippen LogP contribution < -0.4 is 16.4 Å². The Kier molecular flexibility index (Phi) is 5.61. The topological polar surface area (TPSA) is 122 Å². The fourth-order valence-electron chi connectivity index (χ4n) is 3.70. The normalized spacial score (nSPS) is 18.4. The van der Waals surface area contributed by atoms with Gasteiger partial charge in [0.05, 0.1) is 11.9 Å². The molecule has 8 heteroatoms. The van der Waals surface area contributed by atoms with Crippen molar-refractivity contribution in [1.82, 2.24) is 14.8 Å². The van der Waals surface area contributed by atoms with Crippen LogP contribution in [0.1, 0.15) is 31.2 Å². The molecule has 0 unspecified atom stereocenters. The zero-order valence-electron chi connectivity index (χ0n) is 16.5. The maximum Gasteiger partial charge on any atom is 0.227 e. The van der Waals surface area contributed by atoms with Crippen molar-refractivity contribution in [1.29, 1.82) is 5.26 Å². The van der Waals surface area contributed by atoms with E-state index in [9.17, 15) is 4.79 Å². The minimum absolute atomic E-state index is 0.00978. The molecular weight excluding hydrogens is 378 g/mol. The van der Waals surface area contributed by atoms with Gasteiger partial charge in [0, 0.05) is 23.8 Å². The maximum absolute atomic E-state index is 12.7. The van der Waals surface area contributed by atoms with Crippen LogP contribution in [-0.2, 0) is 4.79 Å². The molecule has 0 spiro atoms. The number of aromatic nitrogens is 3. The lowest BCUT2D eigenvalue weighted by Gasteiger charge is -2.28. The fourth-order valence-corrected chi connectivity index (χ4v) is 3.70. The number of carbonyl (C=O) groups is 1.